The van der Waals surface area contributed by atoms with Crippen LogP contribution in [-0.4, -0.2) is 16.3 Å². The molecule has 0 aliphatic carbocycles. The van der Waals surface area contributed by atoms with Gasteiger partial charge in [-0.05, 0) is 6.42 Å². The predicted molar refractivity (Wildman–Crippen MR) is 83.6 cm³/mol. The van der Waals surface area contributed by atoms with Crippen molar-refractivity contribution in [2.24, 2.45) is 7.05 Å². The molecule has 0 aliphatic heterocycles. The third kappa shape index (κ3) is 6.56. The van der Waals surface area contributed by atoms with Crippen molar-refractivity contribution in [1.82, 2.24) is 4.57 Å². The van der Waals surface area contributed by atoms with Crippen LogP contribution in [0.1, 0.15) is 70.5 Å². The fourth-order valence-corrected chi connectivity index (χ4v) is 2.78. The van der Waals surface area contributed by atoms with Crippen molar-refractivity contribution in [1.29, 1.82) is 0 Å². The number of imidazole rings is 1. The Morgan fingerprint density at radius 3 is 2.20 bits per heavy atom. The molecule has 0 fully saturated rings. The molecule has 0 aliphatic rings. The Labute approximate surface area is 124 Å². The van der Waals surface area contributed by atoms with Gasteiger partial charge in [0.05, 0.1) is 13.7 Å². The Bertz CT molecular complexity index is 347. The number of hydrogen-bond donors (Lipinski definition) is 1. The molecule has 1 aromatic heterocycles. The van der Waals surface area contributed by atoms with Crippen molar-refractivity contribution < 1.29 is 9.67 Å². The van der Waals surface area contributed by atoms with Gasteiger partial charge in [-0.1, -0.05) is 58.3 Å². The van der Waals surface area contributed by atoms with Crippen LogP contribution in [0.4, 0.5) is 0 Å². The van der Waals surface area contributed by atoms with Gasteiger partial charge in [0.1, 0.15) is 18.9 Å². The third-order valence-electron chi connectivity index (χ3n) is 4.05. The van der Waals surface area contributed by atoms with Crippen LogP contribution < -0.4 is 4.57 Å². The number of aliphatic hydroxyl groups is 1. The Kier molecular flexibility index (Phi) is 9.38. The summed E-state index contributed by atoms with van der Waals surface area (Å²) < 4.78 is 4.35. The summed E-state index contributed by atoms with van der Waals surface area (Å²) >= 11 is 0. The molecule has 3 nitrogen and oxygen atoms in total. The van der Waals surface area contributed by atoms with Crippen LogP contribution in [0.15, 0.2) is 12.4 Å². The molecule has 0 saturated heterocycles. The van der Waals surface area contributed by atoms with Crippen molar-refractivity contribution in [2.45, 2.75) is 77.7 Å². The molecule has 0 bridgehead atoms. The van der Waals surface area contributed by atoms with E-state index in [1.807, 2.05) is 0 Å². The molecule has 20 heavy (non-hydrogen) atoms. The number of unbranched alkanes of at least 4 members (excludes halogenated alkanes) is 8. The maximum absolute atomic E-state index is 9.05. The second kappa shape index (κ2) is 10.9. The van der Waals surface area contributed by atoms with E-state index < -0.39 is 0 Å². The van der Waals surface area contributed by atoms with E-state index in [2.05, 4.69) is 35.5 Å². The first kappa shape index (κ1) is 17.2. The fraction of sp³-hybridized carbons (Fsp3) is 0.824. The zero-order valence-corrected chi connectivity index (χ0v) is 13.5. The van der Waals surface area contributed by atoms with E-state index >= 15 is 0 Å². The van der Waals surface area contributed by atoms with Crippen LogP contribution in [0, 0.1) is 0 Å². The minimum Gasteiger partial charge on any atom is -0.392 e. The Morgan fingerprint density at radius 2 is 1.60 bits per heavy atom. The van der Waals surface area contributed by atoms with Gasteiger partial charge in [-0.25, -0.2) is 9.13 Å². The number of hydrogen-bond acceptors (Lipinski definition) is 1. The Balaban J connectivity index is 2.08. The monoisotopic (exact) mass is 281 g/mol. The molecule has 1 rings (SSSR count). The van der Waals surface area contributed by atoms with Crippen molar-refractivity contribution in [3.05, 3.63) is 18.2 Å². The minimum atomic E-state index is 0.222. The maximum atomic E-state index is 9.05. The van der Waals surface area contributed by atoms with E-state index in [4.69, 9.17) is 5.11 Å². The summed E-state index contributed by atoms with van der Waals surface area (Å²) in [5, 5.41) is 9.05. The van der Waals surface area contributed by atoms with Gasteiger partial charge in [-0.2, -0.15) is 0 Å². The number of aliphatic hydroxyl groups excluding tert-OH is 1. The topological polar surface area (TPSA) is 29.0 Å². The summed E-state index contributed by atoms with van der Waals surface area (Å²) in [6, 6.07) is 0. The molecular weight excluding hydrogens is 248 g/mol. The second-order valence-electron chi connectivity index (χ2n) is 5.82. The summed E-state index contributed by atoms with van der Waals surface area (Å²) in [6.45, 7) is 3.21. The number of aryl methyl sites for hydroxylation is 1. The minimum absolute atomic E-state index is 0.222. The molecule has 0 unspecified atom stereocenters. The van der Waals surface area contributed by atoms with Crippen LogP contribution in [0.25, 0.3) is 0 Å². The largest absolute Gasteiger partial charge is 0.392 e. The highest BCUT2D eigenvalue weighted by molar-refractivity contribution is 4.83. The highest BCUT2D eigenvalue weighted by atomic mass is 16.3. The van der Waals surface area contributed by atoms with Gasteiger partial charge in [-0.3, -0.25) is 0 Å². The zero-order valence-electron chi connectivity index (χ0n) is 13.5. The van der Waals surface area contributed by atoms with E-state index in [9.17, 15) is 0 Å². The molecule has 116 valence electrons. The van der Waals surface area contributed by atoms with Crippen LogP contribution >= 0.6 is 0 Å². The first-order valence-electron chi connectivity index (χ1n) is 8.44. The van der Waals surface area contributed by atoms with Crippen molar-refractivity contribution in [3.8, 4) is 0 Å². The standard InChI is InChI=1S/C17H33N2O/c1-3-4-5-6-7-8-9-10-11-12-17-18(2)13-14-19(17)15-16-20/h13-14,20H,3-12,15-16H2,1-2H3/q+1. The zero-order chi connectivity index (χ0) is 14.6. The summed E-state index contributed by atoms with van der Waals surface area (Å²) in [7, 11) is 2.09. The molecule has 0 saturated carbocycles. The fourth-order valence-electron chi connectivity index (χ4n) is 2.78. The van der Waals surface area contributed by atoms with Crippen LogP contribution in [-0.2, 0) is 20.0 Å². The molecule has 0 spiro atoms. The van der Waals surface area contributed by atoms with E-state index in [1.54, 1.807) is 0 Å². The molecule has 0 aromatic carbocycles. The van der Waals surface area contributed by atoms with Gasteiger partial charge in [0, 0.05) is 6.42 Å². The lowest BCUT2D eigenvalue weighted by atomic mass is 10.1. The number of rotatable bonds is 12. The van der Waals surface area contributed by atoms with Crippen LogP contribution in [0.5, 0.6) is 0 Å². The highest BCUT2D eigenvalue weighted by Crippen LogP contribution is 2.11. The first-order valence-corrected chi connectivity index (χ1v) is 8.44. The van der Waals surface area contributed by atoms with E-state index in [0.29, 0.717) is 6.54 Å². The van der Waals surface area contributed by atoms with Crippen molar-refractivity contribution >= 4 is 0 Å². The number of nitrogens with zero attached hydrogens (tertiary/aromatic N) is 2. The molecular formula is C17H33N2O+. The second-order valence-corrected chi connectivity index (χ2v) is 5.82. The Morgan fingerprint density at radius 1 is 1.00 bits per heavy atom. The molecule has 1 N–H and O–H groups in total. The van der Waals surface area contributed by atoms with Gasteiger partial charge in [0.15, 0.2) is 0 Å². The average molecular weight is 281 g/mol. The molecule has 1 aromatic rings. The molecule has 3 heteroatoms. The summed E-state index contributed by atoms with van der Waals surface area (Å²) in [6.07, 6.45) is 17.6. The lowest BCUT2D eigenvalue weighted by Gasteiger charge is -2.03. The summed E-state index contributed by atoms with van der Waals surface area (Å²) in [5.41, 5.74) is 0. The lowest BCUT2D eigenvalue weighted by molar-refractivity contribution is -0.678. The molecule has 0 amide bonds. The van der Waals surface area contributed by atoms with Crippen molar-refractivity contribution in [2.75, 3.05) is 6.61 Å². The Hall–Kier alpha value is -0.830. The third-order valence-corrected chi connectivity index (χ3v) is 4.05. The highest BCUT2D eigenvalue weighted by Gasteiger charge is 2.12. The van der Waals surface area contributed by atoms with E-state index in [0.717, 1.165) is 6.42 Å². The first-order chi connectivity index (χ1) is 9.79. The van der Waals surface area contributed by atoms with Gasteiger partial charge < -0.3 is 5.11 Å². The molecule has 0 atom stereocenters. The van der Waals surface area contributed by atoms with Crippen LogP contribution in [0.3, 0.4) is 0 Å². The lowest BCUT2D eigenvalue weighted by Crippen LogP contribution is -2.32. The SMILES string of the molecule is CCCCCCCCCCCc1n(CCO)cc[n+]1C. The van der Waals surface area contributed by atoms with E-state index in [1.165, 1.54) is 63.6 Å². The smallest absolute Gasteiger partial charge is 0.256 e. The predicted octanol–water partition coefficient (Wildman–Crippen LogP) is 3.38. The average Bonchev–Trinajstić information content (AvgIpc) is 2.79. The van der Waals surface area contributed by atoms with Gasteiger partial charge in [0.2, 0.25) is 0 Å². The van der Waals surface area contributed by atoms with Crippen LogP contribution in [0.2, 0.25) is 0 Å². The van der Waals surface area contributed by atoms with Crippen molar-refractivity contribution in [3.63, 3.8) is 0 Å². The van der Waals surface area contributed by atoms with E-state index in [-0.39, 0.29) is 6.61 Å². The molecule has 1 heterocycles. The maximum Gasteiger partial charge on any atom is 0.256 e. The summed E-state index contributed by atoms with van der Waals surface area (Å²) in [5.74, 6) is 1.34. The normalized spacial score (nSPS) is 11.2. The number of aromatic nitrogens is 2. The van der Waals surface area contributed by atoms with Gasteiger partial charge in [-0.15, -0.1) is 0 Å². The quantitative estimate of drug-likeness (QED) is 0.462. The van der Waals surface area contributed by atoms with Gasteiger partial charge >= 0.3 is 0 Å². The summed E-state index contributed by atoms with van der Waals surface area (Å²) in [4.78, 5) is 0. The molecule has 0 radical (unpaired) electrons. The van der Waals surface area contributed by atoms with Gasteiger partial charge in [0.25, 0.3) is 5.82 Å².